The lowest BCUT2D eigenvalue weighted by Gasteiger charge is -2.17. The van der Waals surface area contributed by atoms with Crippen LogP contribution in [-0.2, 0) is 16.6 Å². The van der Waals surface area contributed by atoms with E-state index >= 15 is 0 Å². The Balaban J connectivity index is 2.26. The summed E-state index contributed by atoms with van der Waals surface area (Å²) >= 11 is 0. The van der Waals surface area contributed by atoms with Crippen LogP contribution < -0.4 is 5.73 Å². The van der Waals surface area contributed by atoms with Crippen molar-refractivity contribution in [1.29, 1.82) is 0 Å². The zero-order valence-corrected chi connectivity index (χ0v) is 11.8. The second kappa shape index (κ2) is 5.52. The van der Waals surface area contributed by atoms with Gasteiger partial charge in [0.25, 0.3) is 0 Å². The van der Waals surface area contributed by atoms with Crippen molar-refractivity contribution in [1.82, 2.24) is 4.31 Å². The number of phenols is 1. The molecule has 3 N–H and O–H groups in total. The molecule has 0 saturated heterocycles. The van der Waals surface area contributed by atoms with Crippen molar-refractivity contribution in [3.63, 3.8) is 0 Å². The molecule has 0 unspecified atom stereocenters. The van der Waals surface area contributed by atoms with Gasteiger partial charge in [0, 0.05) is 19.3 Å². The first-order valence-corrected chi connectivity index (χ1v) is 7.43. The SMILES string of the molecule is CN(Cc1cccc(O)c1)S(=O)(=O)c1cccc(N)c1. The van der Waals surface area contributed by atoms with Crippen LogP contribution in [0.1, 0.15) is 5.56 Å². The standard InChI is InChI=1S/C14H16N2O3S/c1-16(10-11-4-2-6-13(17)8-11)20(18,19)14-7-3-5-12(15)9-14/h2-9,17H,10,15H2,1H3. The zero-order chi connectivity index (χ0) is 14.8. The molecule has 2 aromatic carbocycles. The summed E-state index contributed by atoms with van der Waals surface area (Å²) in [5, 5.41) is 9.40. The second-order valence-corrected chi connectivity index (χ2v) is 6.55. The van der Waals surface area contributed by atoms with Gasteiger partial charge in [0.2, 0.25) is 10.0 Å². The van der Waals surface area contributed by atoms with Crippen molar-refractivity contribution < 1.29 is 13.5 Å². The minimum absolute atomic E-state index is 0.109. The van der Waals surface area contributed by atoms with Gasteiger partial charge in [0.15, 0.2) is 0 Å². The van der Waals surface area contributed by atoms with Gasteiger partial charge in [-0.1, -0.05) is 18.2 Å². The summed E-state index contributed by atoms with van der Waals surface area (Å²) in [6, 6.07) is 12.7. The molecule has 0 radical (unpaired) electrons. The highest BCUT2D eigenvalue weighted by Crippen LogP contribution is 2.20. The summed E-state index contributed by atoms with van der Waals surface area (Å²) < 4.78 is 26.0. The Labute approximate surface area is 118 Å². The fraction of sp³-hybridized carbons (Fsp3) is 0.143. The van der Waals surface area contributed by atoms with Gasteiger partial charge in [-0.15, -0.1) is 0 Å². The van der Waals surface area contributed by atoms with E-state index in [2.05, 4.69) is 0 Å². The second-order valence-electron chi connectivity index (χ2n) is 4.50. The van der Waals surface area contributed by atoms with E-state index in [4.69, 9.17) is 5.73 Å². The first-order valence-electron chi connectivity index (χ1n) is 5.99. The third kappa shape index (κ3) is 3.09. The molecule has 5 nitrogen and oxygen atoms in total. The van der Waals surface area contributed by atoms with Crippen LogP contribution >= 0.6 is 0 Å². The lowest BCUT2D eigenvalue weighted by Crippen LogP contribution is -2.26. The number of anilines is 1. The van der Waals surface area contributed by atoms with Crippen LogP contribution in [0.4, 0.5) is 5.69 Å². The quantitative estimate of drug-likeness (QED) is 0.842. The molecule has 0 saturated carbocycles. The van der Waals surface area contributed by atoms with Gasteiger partial charge in [-0.25, -0.2) is 8.42 Å². The Hall–Kier alpha value is -2.05. The Morgan fingerprint density at radius 1 is 1.15 bits per heavy atom. The van der Waals surface area contributed by atoms with E-state index in [0.717, 1.165) is 0 Å². The first-order chi connectivity index (χ1) is 9.39. The van der Waals surface area contributed by atoms with Crippen LogP contribution in [0, 0.1) is 0 Å². The smallest absolute Gasteiger partial charge is 0.243 e. The number of hydrogen-bond donors (Lipinski definition) is 2. The average molecular weight is 292 g/mol. The van der Waals surface area contributed by atoms with Crippen molar-refractivity contribution >= 4 is 15.7 Å². The molecule has 20 heavy (non-hydrogen) atoms. The number of aromatic hydroxyl groups is 1. The Morgan fingerprint density at radius 2 is 1.85 bits per heavy atom. The fourth-order valence-electron chi connectivity index (χ4n) is 1.85. The number of benzene rings is 2. The third-order valence-corrected chi connectivity index (χ3v) is 4.68. The van der Waals surface area contributed by atoms with Gasteiger partial charge in [0.1, 0.15) is 5.75 Å². The van der Waals surface area contributed by atoms with E-state index < -0.39 is 10.0 Å². The van der Waals surface area contributed by atoms with Crippen molar-refractivity contribution in [3.8, 4) is 5.75 Å². The predicted molar refractivity (Wildman–Crippen MR) is 77.6 cm³/mol. The Kier molecular flexibility index (Phi) is 3.96. The highest BCUT2D eigenvalue weighted by molar-refractivity contribution is 7.89. The number of phenolic OH excluding ortho intramolecular Hbond substituents is 1. The van der Waals surface area contributed by atoms with Crippen LogP contribution in [0.3, 0.4) is 0 Å². The molecule has 0 amide bonds. The molecule has 0 aliphatic carbocycles. The maximum Gasteiger partial charge on any atom is 0.243 e. The van der Waals surface area contributed by atoms with Crippen LogP contribution in [-0.4, -0.2) is 24.9 Å². The summed E-state index contributed by atoms with van der Waals surface area (Å²) in [5.41, 5.74) is 6.72. The monoisotopic (exact) mass is 292 g/mol. The molecule has 0 atom stereocenters. The topological polar surface area (TPSA) is 83.6 Å². The molecule has 0 fully saturated rings. The molecule has 0 aromatic heterocycles. The minimum Gasteiger partial charge on any atom is -0.508 e. The van der Waals surface area contributed by atoms with Gasteiger partial charge in [-0.2, -0.15) is 4.31 Å². The van der Waals surface area contributed by atoms with Gasteiger partial charge in [-0.3, -0.25) is 0 Å². The Bertz CT molecular complexity index is 714. The minimum atomic E-state index is -3.60. The largest absolute Gasteiger partial charge is 0.508 e. The van der Waals surface area contributed by atoms with Crippen LogP contribution in [0.2, 0.25) is 0 Å². The lowest BCUT2D eigenvalue weighted by atomic mass is 10.2. The lowest BCUT2D eigenvalue weighted by molar-refractivity contribution is 0.458. The normalized spacial score (nSPS) is 11.7. The summed E-state index contributed by atoms with van der Waals surface area (Å²) in [4.78, 5) is 0.153. The maximum atomic E-state index is 12.4. The molecule has 2 aromatic rings. The van der Waals surface area contributed by atoms with Gasteiger partial charge in [0.05, 0.1) is 4.90 Å². The third-order valence-electron chi connectivity index (χ3n) is 2.88. The predicted octanol–water partition coefficient (Wildman–Crippen LogP) is 1.80. The number of sulfonamides is 1. The molecular weight excluding hydrogens is 276 g/mol. The summed E-state index contributed by atoms with van der Waals surface area (Å²) in [6.45, 7) is 0.172. The van der Waals surface area contributed by atoms with E-state index in [1.54, 1.807) is 24.3 Å². The molecule has 2 rings (SSSR count). The van der Waals surface area contributed by atoms with Crippen molar-refractivity contribution in [2.24, 2.45) is 0 Å². The summed E-state index contributed by atoms with van der Waals surface area (Å²) in [5.74, 6) is 0.109. The van der Waals surface area contributed by atoms with E-state index in [0.29, 0.717) is 11.3 Å². The zero-order valence-electron chi connectivity index (χ0n) is 11.0. The van der Waals surface area contributed by atoms with E-state index in [1.165, 1.54) is 35.6 Å². The van der Waals surface area contributed by atoms with Gasteiger partial charge >= 0.3 is 0 Å². The van der Waals surface area contributed by atoms with E-state index in [-0.39, 0.29) is 17.2 Å². The van der Waals surface area contributed by atoms with Crippen molar-refractivity contribution in [3.05, 3.63) is 54.1 Å². The highest BCUT2D eigenvalue weighted by atomic mass is 32.2. The van der Waals surface area contributed by atoms with Crippen LogP contribution in [0.15, 0.2) is 53.4 Å². The molecule has 6 heteroatoms. The molecule has 106 valence electrons. The maximum absolute atomic E-state index is 12.4. The van der Waals surface area contributed by atoms with Crippen LogP contribution in [0.25, 0.3) is 0 Å². The Morgan fingerprint density at radius 3 is 2.50 bits per heavy atom. The van der Waals surface area contributed by atoms with Crippen molar-refractivity contribution in [2.45, 2.75) is 11.4 Å². The summed E-state index contributed by atoms with van der Waals surface area (Å²) in [7, 11) is -2.11. The first kappa shape index (κ1) is 14.4. The fourth-order valence-corrected chi connectivity index (χ4v) is 3.07. The summed E-state index contributed by atoms with van der Waals surface area (Å²) in [6.07, 6.45) is 0. The molecule has 0 aliphatic rings. The van der Waals surface area contributed by atoms with E-state index in [1.807, 2.05) is 0 Å². The van der Waals surface area contributed by atoms with E-state index in [9.17, 15) is 13.5 Å². The average Bonchev–Trinajstić information content (AvgIpc) is 2.38. The van der Waals surface area contributed by atoms with Gasteiger partial charge < -0.3 is 10.8 Å². The molecule has 0 heterocycles. The number of nitrogen functional groups attached to an aromatic ring is 1. The molecule has 0 aliphatic heterocycles. The highest BCUT2D eigenvalue weighted by Gasteiger charge is 2.21. The number of nitrogens with two attached hydrogens (primary N) is 1. The number of nitrogens with zero attached hydrogens (tertiary/aromatic N) is 1. The van der Waals surface area contributed by atoms with Crippen molar-refractivity contribution in [2.75, 3.05) is 12.8 Å². The number of rotatable bonds is 4. The van der Waals surface area contributed by atoms with Gasteiger partial charge in [-0.05, 0) is 35.9 Å². The molecule has 0 bridgehead atoms. The number of hydrogen-bond acceptors (Lipinski definition) is 4. The molecular formula is C14H16N2O3S. The molecule has 0 spiro atoms. The van der Waals surface area contributed by atoms with Crippen LogP contribution in [0.5, 0.6) is 5.75 Å².